The molecule has 0 saturated carbocycles. The number of fused-ring (bicyclic) bond motifs is 1. The van der Waals surface area contributed by atoms with Gasteiger partial charge in [0.05, 0.1) is 12.5 Å². The first-order chi connectivity index (χ1) is 15.0. The molecule has 2 heterocycles. The molecule has 1 aliphatic rings. The zero-order valence-electron chi connectivity index (χ0n) is 18.2. The zero-order chi connectivity index (χ0) is 22.0. The molecule has 162 valence electrons. The molecule has 31 heavy (non-hydrogen) atoms. The van der Waals surface area contributed by atoms with Gasteiger partial charge in [0.25, 0.3) is 5.91 Å². The molecule has 0 N–H and O–H groups in total. The molecule has 1 amide bonds. The molecular formula is C25H27NO5. The highest BCUT2D eigenvalue weighted by molar-refractivity contribution is 5.84. The van der Waals surface area contributed by atoms with Crippen molar-refractivity contribution in [2.75, 3.05) is 26.8 Å². The third-order valence-electron chi connectivity index (χ3n) is 5.87. The van der Waals surface area contributed by atoms with E-state index in [1.54, 1.807) is 24.1 Å². The molecule has 0 spiro atoms. The lowest BCUT2D eigenvalue weighted by Crippen LogP contribution is -2.39. The molecule has 4 rings (SSSR count). The van der Waals surface area contributed by atoms with E-state index in [2.05, 4.69) is 0 Å². The summed E-state index contributed by atoms with van der Waals surface area (Å²) in [4.78, 5) is 27.8. The van der Waals surface area contributed by atoms with Crippen molar-refractivity contribution in [1.82, 2.24) is 4.90 Å². The van der Waals surface area contributed by atoms with Gasteiger partial charge < -0.3 is 18.8 Å². The Balaban J connectivity index is 1.76. The molecule has 0 radical (unpaired) electrons. The Kier molecular flexibility index (Phi) is 5.98. The van der Waals surface area contributed by atoms with Crippen LogP contribution in [-0.2, 0) is 4.79 Å². The lowest BCUT2D eigenvalue weighted by atomic mass is 10.0. The largest absolute Gasteiger partial charge is 0.497 e. The van der Waals surface area contributed by atoms with Gasteiger partial charge in [-0.15, -0.1) is 0 Å². The number of carbonyl (C=O) groups is 1. The Bertz CT molecular complexity index is 1160. The van der Waals surface area contributed by atoms with Crippen LogP contribution < -0.4 is 14.9 Å². The Morgan fingerprint density at radius 1 is 1.03 bits per heavy atom. The number of carbonyl (C=O) groups excluding carboxylic acids is 1. The quantitative estimate of drug-likeness (QED) is 0.608. The Hall–Kier alpha value is -3.28. The van der Waals surface area contributed by atoms with Gasteiger partial charge in [-0.3, -0.25) is 9.59 Å². The topological polar surface area (TPSA) is 69.0 Å². The van der Waals surface area contributed by atoms with Crippen LogP contribution >= 0.6 is 0 Å². The summed E-state index contributed by atoms with van der Waals surface area (Å²) in [6.07, 6.45) is 3.14. The molecular weight excluding hydrogens is 394 g/mol. The third-order valence-corrected chi connectivity index (χ3v) is 5.87. The number of hydrogen-bond acceptors (Lipinski definition) is 5. The molecule has 2 aromatic carbocycles. The van der Waals surface area contributed by atoms with Crippen LogP contribution in [0, 0.1) is 13.8 Å². The van der Waals surface area contributed by atoms with Crippen molar-refractivity contribution in [2.24, 2.45) is 0 Å². The number of methoxy groups -OCH3 is 1. The smallest absolute Gasteiger partial charge is 0.260 e. The molecule has 1 fully saturated rings. The van der Waals surface area contributed by atoms with Crippen LogP contribution in [0.4, 0.5) is 0 Å². The van der Waals surface area contributed by atoms with Crippen LogP contribution in [0.2, 0.25) is 0 Å². The van der Waals surface area contributed by atoms with E-state index in [0.717, 1.165) is 43.5 Å². The maximum Gasteiger partial charge on any atom is 0.260 e. The average Bonchev–Trinajstić information content (AvgIpc) is 2.80. The van der Waals surface area contributed by atoms with Crippen molar-refractivity contribution in [2.45, 2.75) is 33.1 Å². The average molecular weight is 421 g/mol. The summed E-state index contributed by atoms with van der Waals surface area (Å²) in [5.74, 6) is 0.960. The first-order valence-electron chi connectivity index (χ1n) is 10.6. The lowest BCUT2D eigenvalue weighted by Gasteiger charge is -2.26. The summed E-state index contributed by atoms with van der Waals surface area (Å²) in [6.45, 7) is 5.20. The number of piperidine rings is 1. The number of aryl methyl sites for hydroxylation is 2. The van der Waals surface area contributed by atoms with Crippen molar-refractivity contribution in [1.29, 1.82) is 0 Å². The van der Waals surface area contributed by atoms with Gasteiger partial charge in [0.1, 0.15) is 11.3 Å². The van der Waals surface area contributed by atoms with Gasteiger partial charge in [0.2, 0.25) is 11.2 Å². The standard InChI is InChI=1S/C25H27NO5/c1-16-13-20-21(14-17(16)2)31-24(18-7-9-19(29-3)10-8-18)25(23(20)28)30-15-22(27)26-11-5-4-6-12-26/h7-10,13-14H,4-6,11-12,15H2,1-3H3. The number of benzene rings is 2. The number of amides is 1. The predicted octanol–water partition coefficient (Wildman–Crippen LogP) is 4.48. The summed E-state index contributed by atoms with van der Waals surface area (Å²) < 4.78 is 17.2. The maximum atomic E-state index is 13.4. The number of rotatable bonds is 5. The molecule has 6 heteroatoms. The normalized spacial score (nSPS) is 14.0. The summed E-state index contributed by atoms with van der Waals surface area (Å²) in [7, 11) is 1.59. The van der Waals surface area contributed by atoms with Crippen LogP contribution in [0.25, 0.3) is 22.3 Å². The monoisotopic (exact) mass is 421 g/mol. The van der Waals surface area contributed by atoms with E-state index in [4.69, 9.17) is 13.9 Å². The van der Waals surface area contributed by atoms with E-state index in [1.807, 2.05) is 38.1 Å². The molecule has 1 saturated heterocycles. The van der Waals surface area contributed by atoms with E-state index in [-0.39, 0.29) is 23.7 Å². The molecule has 1 aromatic heterocycles. The molecule has 0 aliphatic carbocycles. The van der Waals surface area contributed by atoms with Gasteiger partial charge in [-0.25, -0.2) is 0 Å². The van der Waals surface area contributed by atoms with Crippen LogP contribution in [-0.4, -0.2) is 37.6 Å². The minimum absolute atomic E-state index is 0.0614. The van der Waals surface area contributed by atoms with Crippen LogP contribution in [0.3, 0.4) is 0 Å². The second-order valence-corrected chi connectivity index (χ2v) is 7.98. The van der Waals surface area contributed by atoms with Crippen molar-refractivity contribution in [3.05, 3.63) is 57.7 Å². The van der Waals surface area contributed by atoms with Gasteiger partial charge in [0, 0.05) is 18.7 Å². The van der Waals surface area contributed by atoms with E-state index >= 15 is 0 Å². The first kappa shape index (κ1) is 21.0. The fraction of sp³-hybridized carbons (Fsp3) is 0.360. The SMILES string of the molecule is COc1ccc(-c2oc3cc(C)c(C)cc3c(=O)c2OCC(=O)N2CCCCC2)cc1. The van der Waals surface area contributed by atoms with Gasteiger partial charge in [-0.05, 0) is 80.6 Å². The van der Waals surface area contributed by atoms with E-state index in [0.29, 0.717) is 28.0 Å². The zero-order valence-corrected chi connectivity index (χ0v) is 18.2. The number of ether oxygens (including phenoxy) is 2. The summed E-state index contributed by atoms with van der Waals surface area (Å²) >= 11 is 0. The predicted molar refractivity (Wildman–Crippen MR) is 120 cm³/mol. The van der Waals surface area contributed by atoms with E-state index < -0.39 is 0 Å². The fourth-order valence-electron chi connectivity index (χ4n) is 3.87. The van der Waals surface area contributed by atoms with E-state index in [1.165, 1.54) is 0 Å². The highest BCUT2D eigenvalue weighted by Crippen LogP contribution is 2.33. The number of likely N-dealkylation sites (tertiary alicyclic amines) is 1. The summed E-state index contributed by atoms with van der Waals surface area (Å²) in [5.41, 5.74) is 2.92. The van der Waals surface area contributed by atoms with Crippen LogP contribution in [0.1, 0.15) is 30.4 Å². The van der Waals surface area contributed by atoms with Crippen molar-refractivity contribution in [3.8, 4) is 22.8 Å². The summed E-state index contributed by atoms with van der Waals surface area (Å²) in [5, 5.41) is 0.445. The van der Waals surface area contributed by atoms with E-state index in [9.17, 15) is 9.59 Å². The Labute approximate surface area is 181 Å². The highest BCUT2D eigenvalue weighted by atomic mass is 16.5. The molecule has 0 bridgehead atoms. The molecule has 0 atom stereocenters. The Morgan fingerprint density at radius 2 is 1.71 bits per heavy atom. The lowest BCUT2D eigenvalue weighted by molar-refractivity contribution is -0.134. The van der Waals surface area contributed by atoms with Crippen molar-refractivity contribution >= 4 is 16.9 Å². The molecule has 3 aromatic rings. The second kappa shape index (κ2) is 8.84. The maximum absolute atomic E-state index is 13.4. The molecule has 0 unspecified atom stereocenters. The minimum Gasteiger partial charge on any atom is -0.497 e. The minimum atomic E-state index is -0.276. The fourth-order valence-corrected chi connectivity index (χ4v) is 3.87. The Morgan fingerprint density at radius 3 is 2.39 bits per heavy atom. The van der Waals surface area contributed by atoms with Gasteiger partial charge >= 0.3 is 0 Å². The number of hydrogen-bond donors (Lipinski definition) is 0. The van der Waals surface area contributed by atoms with Gasteiger partial charge in [-0.2, -0.15) is 0 Å². The van der Waals surface area contributed by atoms with Gasteiger partial charge in [-0.1, -0.05) is 0 Å². The van der Waals surface area contributed by atoms with Crippen LogP contribution in [0.5, 0.6) is 11.5 Å². The summed E-state index contributed by atoms with van der Waals surface area (Å²) in [6, 6.07) is 10.9. The second-order valence-electron chi connectivity index (χ2n) is 7.98. The van der Waals surface area contributed by atoms with Crippen LogP contribution in [0.15, 0.2) is 45.6 Å². The first-order valence-corrected chi connectivity index (χ1v) is 10.6. The van der Waals surface area contributed by atoms with Crippen molar-refractivity contribution < 1.29 is 18.7 Å². The molecule has 1 aliphatic heterocycles. The highest BCUT2D eigenvalue weighted by Gasteiger charge is 2.22. The van der Waals surface area contributed by atoms with Crippen molar-refractivity contribution in [3.63, 3.8) is 0 Å². The molecule has 6 nitrogen and oxygen atoms in total. The number of nitrogens with zero attached hydrogens (tertiary/aromatic N) is 1. The third kappa shape index (κ3) is 4.29. The van der Waals surface area contributed by atoms with Gasteiger partial charge in [0.15, 0.2) is 12.4 Å².